The number of rotatable bonds is 1. The first-order valence-corrected chi connectivity index (χ1v) is 5.92. The van der Waals surface area contributed by atoms with Crippen LogP contribution in [-0.2, 0) is 4.74 Å². The molecule has 4 N–H and O–H groups in total. The highest BCUT2D eigenvalue weighted by Gasteiger charge is 2.09. The van der Waals surface area contributed by atoms with Crippen molar-refractivity contribution in [1.29, 1.82) is 0 Å². The van der Waals surface area contributed by atoms with E-state index in [-0.39, 0.29) is 0 Å². The van der Waals surface area contributed by atoms with E-state index >= 15 is 0 Å². The van der Waals surface area contributed by atoms with E-state index in [1.807, 2.05) is 30.3 Å². The molecule has 0 unspecified atom stereocenters. The molecule has 0 saturated heterocycles. The summed E-state index contributed by atoms with van der Waals surface area (Å²) in [6.07, 6.45) is -2.05. The molecular weight excluding hydrogens is 258 g/mol. The molecule has 2 amide bonds. The van der Waals surface area contributed by atoms with Gasteiger partial charge in [-0.3, -0.25) is 5.32 Å². The summed E-state index contributed by atoms with van der Waals surface area (Å²) < 4.78 is 4.22. The molecule has 0 aliphatic heterocycles. The van der Waals surface area contributed by atoms with Crippen molar-refractivity contribution in [2.45, 2.75) is 0 Å². The first-order valence-electron chi connectivity index (χ1n) is 5.92. The molecule has 0 atom stereocenters. The van der Waals surface area contributed by atoms with Gasteiger partial charge in [-0.25, -0.2) is 9.59 Å². The lowest BCUT2D eigenvalue weighted by Crippen LogP contribution is -2.22. The minimum Gasteiger partial charge on any atom is -0.359 e. The lowest BCUT2D eigenvalue weighted by molar-refractivity contribution is 0.167. The Labute approximate surface area is 113 Å². The Hall–Kier alpha value is -3.02. The summed E-state index contributed by atoms with van der Waals surface area (Å²) >= 11 is 0. The molecular formula is C14H11N3O3. The van der Waals surface area contributed by atoms with Crippen molar-refractivity contribution < 1.29 is 14.3 Å². The zero-order valence-corrected chi connectivity index (χ0v) is 10.3. The maximum atomic E-state index is 11.3. The number of hydrogen-bond donors (Lipinski definition) is 3. The van der Waals surface area contributed by atoms with Crippen LogP contribution in [0.5, 0.6) is 0 Å². The second-order valence-electron chi connectivity index (χ2n) is 4.26. The van der Waals surface area contributed by atoms with Crippen LogP contribution < -0.4 is 11.1 Å². The molecule has 1 heterocycles. The minimum absolute atomic E-state index is 0.522. The fourth-order valence-electron chi connectivity index (χ4n) is 2.16. The molecule has 3 rings (SSSR count). The Kier molecular flexibility index (Phi) is 2.76. The summed E-state index contributed by atoms with van der Waals surface area (Å²) in [6.45, 7) is 0. The minimum atomic E-state index is -1.14. The van der Waals surface area contributed by atoms with E-state index in [9.17, 15) is 9.59 Å². The molecule has 0 fully saturated rings. The largest absolute Gasteiger partial charge is 0.420 e. The van der Waals surface area contributed by atoms with Gasteiger partial charge in [0.1, 0.15) is 0 Å². The quantitative estimate of drug-likeness (QED) is 0.592. The molecule has 3 aromatic rings. The van der Waals surface area contributed by atoms with E-state index < -0.39 is 12.2 Å². The number of nitrogens with one attached hydrogen (secondary N) is 2. The number of ether oxygens (including phenoxy) is 1. The Morgan fingerprint density at radius 1 is 1.05 bits per heavy atom. The van der Waals surface area contributed by atoms with Crippen molar-refractivity contribution in [3.63, 3.8) is 0 Å². The van der Waals surface area contributed by atoms with Crippen LogP contribution in [0.25, 0.3) is 21.8 Å². The van der Waals surface area contributed by atoms with Crippen molar-refractivity contribution in [1.82, 2.24) is 4.98 Å². The molecule has 0 saturated carbocycles. The summed E-state index contributed by atoms with van der Waals surface area (Å²) in [5.41, 5.74) is 7.26. The van der Waals surface area contributed by atoms with Crippen LogP contribution in [0.3, 0.4) is 0 Å². The summed E-state index contributed by atoms with van der Waals surface area (Å²) in [5, 5.41) is 4.46. The first kappa shape index (κ1) is 12.0. The van der Waals surface area contributed by atoms with Gasteiger partial charge in [-0.15, -0.1) is 0 Å². The van der Waals surface area contributed by atoms with Gasteiger partial charge in [0.05, 0.1) is 0 Å². The Morgan fingerprint density at radius 3 is 2.60 bits per heavy atom. The van der Waals surface area contributed by atoms with E-state index in [2.05, 4.69) is 15.0 Å². The molecule has 100 valence electrons. The van der Waals surface area contributed by atoms with Gasteiger partial charge < -0.3 is 15.5 Å². The van der Waals surface area contributed by atoms with Crippen LogP contribution in [0.15, 0.2) is 42.5 Å². The number of aromatic nitrogens is 1. The Balaban J connectivity index is 1.99. The van der Waals surface area contributed by atoms with Crippen molar-refractivity contribution in [3.05, 3.63) is 42.5 Å². The molecule has 1 aromatic heterocycles. The van der Waals surface area contributed by atoms with Gasteiger partial charge in [0, 0.05) is 27.5 Å². The number of amides is 2. The molecule has 0 bridgehead atoms. The number of primary amides is 1. The highest BCUT2D eigenvalue weighted by atomic mass is 16.6. The third-order valence-corrected chi connectivity index (χ3v) is 2.95. The average Bonchev–Trinajstić information content (AvgIpc) is 2.76. The smallest absolute Gasteiger partial charge is 0.359 e. The predicted octanol–water partition coefficient (Wildman–Crippen LogP) is 2.95. The van der Waals surface area contributed by atoms with E-state index in [0.717, 1.165) is 21.8 Å². The second kappa shape index (κ2) is 4.58. The number of nitrogens with two attached hydrogens (primary N) is 1. The van der Waals surface area contributed by atoms with Crippen LogP contribution in [-0.4, -0.2) is 17.2 Å². The molecule has 6 nitrogen and oxygen atoms in total. The number of benzene rings is 2. The number of para-hydroxylation sites is 1. The van der Waals surface area contributed by atoms with Gasteiger partial charge in [-0.1, -0.05) is 18.2 Å². The van der Waals surface area contributed by atoms with Crippen LogP contribution in [0.2, 0.25) is 0 Å². The maximum absolute atomic E-state index is 11.3. The highest BCUT2D eigenvalue weighted by molar-refractivity contribution is 6.08. The van der Waals surface area contributed by atoms with Crippen LogP contribution >= 0.6 is 0 Å². The number of carbonyl (C=O) groups excluding carboxylic acids is 2. The monoisotopic (exact) mass is 269 g/mol. The zero-order valence-electron chi connectivity index (χ0n) is 10.3. The summed E-state index contributed by atoms with van der Waals surface area (Å²) in [5.74, 6) is 0. The zero-order chi connectivity index (χ0) is 14.1. The first-order chi connectivity index (χ1) is 9.63. The van der Waals surface area contributed by atoms with Crippen molar-refractivity contribution in [3.8, 4) is 0 Å². The average molecular weight is 269 g/mol. The fourth-order valence-corrected chi connectivity index (χ4v) is 2.16. The lowest BCUT2D eigenvalue weighted by Gasteiger charge is -2.03. The van der Waals surface area contributed by atoms with Gasteiger partial charge >= 0.3 is 12.2 Å². The number of carbonyl (C=O) groups is 2. The van der Waals surface area contributed by atoms with Crippen molar-refractivity contribution >= 4 is 39.7 Å². The molecule has 0 aliphatic carbocycles. The third-order valence-electron chi connectivity index (χ3n) is 2.95. The predicted molar refractivity (Wildman–Crippen MR) is 75.5 cm³/mol. The number of H-pyrrole nitrogens is 1. The normalized spacial score (nSPS) is 10.6. The van der Waals surface area contributed by atoms with Crippen LogP contribution in [0.4, 0.5) is 15.3 Å². The van der Waals surface area contributed by atoms with E-state index in [1.165, 1.54) is 0 Å². The number of hydrogen-bond acceptors (Lipinski definition) is 3. The van der Waals surface area contributed by atoms with Crippen LogP contribution in [0, 0.1) is 0 Å². The summed E-state index contributed by atoms with van der Waals surface area (Å²) in [7, 11) is 0. The van der Waals surface area contributed by atoms with Gasteiger partial charge in [0.2, 0.25) is 0 Å². The number of fused-ring (bicyclic) bond motifs is 3. The maximum Gasteiger partial charge on any atom is 0.420 e. The third kappa shape index (κ3) is 2.14. The second-order valence-corrected chi connectivity index (χ2v) is 4.26. The van der Waals surface area contributed by atoms with Crippen molar-refractivity contribution in [2.24, 2.45) is 5.73 Å². The molecule has 0 radical (unpaired) electrons. The lowest BCUT2D eigenvalue weighted by atomic mass is 10.1. The Bertz CT molecular complexity index is 823. The fraction of sp³-hybridized carbons (Fsp3) is 0. The van der Waals surface area contributed by atoms with Gasteiger partial charge in [-0.05, 0) is 24.3 Å². The Morgan fingerprint density at radius 2 is 1.80 bits per heavy atom. The molecule has 2 aromatic carbocycles. The SMILES string of the molecule is NC(=O)OC(=O)Nc1ccc2[nH]c3ccccc3c2c1. The van der Waals surface area contributed by atoms with Crippen molar-refractivity contribution in [2.75, 3.05) is 5.32 Å². The summed E-state index contributed by atoms with van der Waals surface area (Å²) in [6, 6.07) is 13.2. The van der Waals surface area contributed by atoms with E-state index in [4.69, 9.17) is 5.73 Å². The highest BCUT2D eigenvalue weighted by Crippen LogP contribution is 2.27. The number of aromatic amines is 1. The standard InChI is InChI=1S/C14H11N3O3/c15-13(18)20-14(19)16-8-5-6-12-10(7-8)9-3-1-2-4-11(9)17-12/h1-7,17H,(H2,15,18)(H,16,19). The molecule has 0 spiro atoms. The molecule has 20 heavy (non-hydrogen) atoms. The van der Waals surface area contributed by atoms with Crippen LogP contribution in [0.1, 0.15) is 0 Å². The van der Waals surface area contributed by atoms with Gasteiger partial charge in [-0.2, -0.15) is 0 Å². The molecule has 6 heteroatoms. The molecule has 0 aliphatic rings. The topological polar surface area (TPSA) is 97.2 Å². The van der Waals surface area contributed by atoms with E-state index in [1.54, 1.807) is 12.1 Å². The number of anilines is 1. The van der Waals surface area contributed by atoms with Gasteiger partial charge in [0.15, 0.2) is 0 Å². The van der Waals surface area contributed by atoms with Gasteiger partial charge in [0.25, 0.3) is 0 Å². The summed E-state index contributed by atoms with van der Waals surface area (Å²) in [4.78, 5) is 25.1. The van der Waals surface area contributed by atoms with E-state index in [0.29, 0.717) is 5.69 Å².